The number of nitrogens with one attached hydrogen (secondary N) is 1. The molecule has 2 aromatic carbocycles. The second-order valence-electron chi connectivity index (χ2n) is 10.6. The molecule has 5 rings (SSSR count). The van der Waals surface area contributed by atoms with Gasteiger partial charge < -0.3 is 19.7 Å². The number of benzene rings is 2. The number of carbonyl (C=O) groups excluding carboxylic acids is 3. The number of allylic oxidation sites excluding steroid dienone is 1. The van der Waals surface area contributed by atoms with Crippen molar-refractivity contribution in [3.05, 3.63) is 70.8 Å². The lowest BCUT2D eigenvalue weighted by atomic mass is 9.92. The van der Waals surface area contributed by atoms with Gasteiger partial charge in [-0.25, -0.2) is 4.79 Å². The van der Waals surface area contributed by atoms with Crippen molar-refractivity contribution in [2.45, 2.75) is 76.4 Å². The fourth-order valence-corrected chi connectivity index (χ4v) is 5.77. The molecule has 0 bridgehead atoms. The van der Waals surface area contributed by atoms with Gasteiger partial charge in [-0.1, -0.05) is 48.7 Å². The molecule has 2 aliphatic heterocycles. The molecular formula is C31H35ClN2O5. The number of hydrogen-bond acceptors (Lipinski definition) is 5. The molecule has 1 N–H and O–H groups in total. The minimum absolute atomic E-state index is 0.0365. The van der Waals surface area contributed by atoms with Crippen LogP contribution >= 0.6 is 11.6 Å². The maximum Gasteiger partial charge on any atom is 0.332 e. The number of halogens is 1. The van der Waals surface area contributed by atoms with Crippen molar-refractivity contribution in [1.82, 2.24) is 10.2 Å². The lowest BCUT2D eigenvalue weighted by molar-refractivity contribution is -0.150. The number of hydrogen-bond donors (Lipinski definition) is 1. The topological polar surface area (TPSA) is 84.9 Å². The Hall–Kier alpha value is -3.32. The van der Waals surface area contributed by atoms with Gasteiger partial charge in [0.2, 0.25) is 11.8 Å². The number of amides is 2. The van der Waals surface area contributed by atoms with Crippen molar-refractivity contribution in [1.29, 1.82) is 0 Å². The molecule has 1 fully saturated rings. The molecule has 0 saturated heterocycles. The molecule has 7 nitrogen and oxygen atoms in total. The van der Waals surface area contributed by atoms with Crippen LogP contribution < -0.4 is 10.1 Å². The summed E-state index contributed by atoms with van der Waals surface area (Å²) in [6.07, 6.45) is 10.1. The van der Waals surface area contributed by atoms with Gasteiger partial charge in [0, 0.05) is 30.3 Å². The van der Waals surface area contributed by atoms with Crippen LogP contribution in [0.4, 0.5) is 0 Å². The second-order valence-corrected chi connectivity index (χ2v) is 11.0. The zero-order valence-corrected chi connectivity index (χ0v) is 23.0. The fraction of sp³-hybridized carbons (Fsp3) is 0.452. The van der Waals surface area contributed by atoms with Crippen LogP contribution in [0.1, 0.15) is 63.0 Å². The predicted molar refractivity (Wildman–Crippen MR) is 148 cm³/mol. The Morgan fingerprint density at radius 1 is 1.08 bits per heavy atom. The summed E-state index contributed by atoms with van der Waals surface area (Å²) in [6, 6.07) is 12.2. The highest BCUT2D eigenvalue weighted by atomic mass is 35.5. The first-order valence-electron chi connectivity index (χ1n) is 13.9. The Morgan fingerprint density at radius 3 is 2.72 bits per heavy atom. The van der Waals surface area contributed by atoms with E-state index in [1.165, 1.54) is 0 Å². The van der Waals surface area contributed by atoms with Crippen LogP contribution in [0.3, 0.4) is 0 Å². The Balaban J connectivity index is 1.42. The van der Waals surface area contributed by atoms with Gasteiger partial charge in [-0.15, -0.1) is 0 Å². The second kappa shape index (κ2) is 11.8. The summed E-state index contributed by atoms with van der Waals surface area (Å²) in [7, 11) is 0. The highest BCUT2D eigenvalue weighted by molar-refractivity contribution is 6.30. The number of esters is 1. The maximum atomic E-state index is 13.8. The summed E-state index contributed by atoms with van der Waals surface area (Å²) < 4.78 is 11.4. The Kier molecular flexibility index (Phi) is 8.26. The van der Waals surface area contributed by atoms with E-state index in [-0.39, 0.29) is 24.3 Å². The molecule has 8 heteroatoms. The van der Waals surface area contributed by atoms with E-state index in [0.717, 1.165) is 43.2 Å². The van der Waals surface area contributed by atoms with E-state index >= 15 is 0 Å². The summed E-state index contributed by atoms with van der Waals surface area (Å²) in [5, 5.41) is 3.61. The number of carbonyl (C=O) groups is 3. The molecule has 1 unspecified atom stereocenters. The average Bonchev–Trinajstić information content (AvgIpc) is 3.62. The number of rotatable bonds is 4. The summed E-state index contributed by atoms with van der Waals surface area (Å²) in [4.78, 5) is 41.9. The van der Waals surface area contributed by atoms with E-state index in [0.29, 0.717) is 42.3 Å². The molecule has 0 spiro atoms. The highest BCUT2D eigenvalue weighted by Crippen LogP contribution is 2.46. The van der Waals surface area contributed by atoms with E-state index < -0.39 is 17.6 Å². The van der Waals surface area contributed by atoms with Gasteiger partial charge in [0.1, 0.15) is 23.1 Å². The molecule has 3 atom stereocenters. The van der Waals surface area contributed by atoms with E-state index in [4.69, 9.17) is 21.1 Å². The largest absolute Gasteiger partial charge is 0.464 e. The zero-order chi connectivity index (χ0) is 27.4. The standard InChI is InChI=1S/C31H35ClN2O5/c1-2-38-30(37)31-19-23(31)10-7-5-3-4-6-8-13-28(35)34-20-21-14-15-26(39-25-12-9-11-24(32)18-25)16-22(21)17-27(34)29(36)33-31/h7,9-12,14-16,18,23,27H,2-6,8,13,17,19-20H2,1H3,(H,33,36)/b10-7-/t23-,27?,31-/m1/s1. The minimum atomic E-state index is -1.07. The predicted octanol–water partition coefficient (Wildman–Crippen LogP) is 5.73. The van der Waals surface area contributed by atoms with Crippen molar-refractivity contribution in [3.63, 3.8) is 0 Å². The SMILES string of the molecule is CCOC(=O)[C@@]12C[C@H]1/C=C\CCCCCCC(=O)N1Cc3ccc(Oc4cccc(Cl)c4)cc3CC1C(=O)N2. The molecular weight excluding hydrogens is 516 g/mol. The Morgan fingerprint density at radius 2 is 1.90 bits per heavy atom. The molecule has 2 heterocycles. The van der Waals surface area contributed by atoms with Crippen LogP contribution in [0.25, 0.3) is 0 Å². The lowest BCUT2D eigenvalue weighted by Gasteiger charge is -2.37. The molecule has 1 saturated carbocycles. The Labute approximate surface area is 234 Å². The quantitative estimate of drug-likeness (QED) is 0.388. The van der Waals surface area contributed by atoms with Crippen LogP contribution in [0, 0.1) is 5.92 Å². The highest BCUT2D eigenvalue weighted by Gasteiger charge is 2.61. The third-order valence-corrected chi connectivity index (χ3v) is 8.08. The first-order chi connectivity index (χ1) is 18.9. The molecule has 2 amide bonds. The number of ether oxygens (including phenoxy) is 2. The van der Waals surface area contributed by atoms with Crippen molar-refractivity contribution in [2.24, 2.45) is 5.92 Å². The zero-order valence-electron chi connectivity index (χ0n) is 22.3. The summed E-state index contributed by atoms with van der Waals surface area (Å²) in [6.45, 7) is 2.33. The molecule has 2 aromatic rings. The molecule has 39 heavy (non-hydrogen) atoms. The first-order valence-corrected chi connectivity index (χ1v) is 14.3. The van der Waals surface area contributed by atoms with Crippen LogP contribution in [0.2, 0.25) is 5.02 Å². The Bertz CT molecular complexity index is 1280. The van der Waals surface area contributed by atoms with Crippen LogP contribution in [0.5, 0.6) is 11.5 Å². The van der Waals surface area contributed by atoms with Gasteiger partial charge in [-0.2, -0.15) is 0 Å². The third-order valence-electron chi connectivity index (χ3n) is 7.84. The van der Waals surface area contributed by atoms with Gasteiger partial charge in [-0.05, 0) is 74.1 Å². The minimum Gasteiger partial charge on any atom is -0.464 e. The van der Waals surface area contributed by atoms with Crippen molar-refractivity contribution < 1.29 is 23.9 Å². The van der Waals surface area contributed by atoms with E-state index in [1.54, 1.807) is 24.0 Å². The van der Waals surface area contributed by atoms with Gasteiger partial charge in [-0.3, -0.25) is 9.59 Å². The smallest absolute Gasteiger partial charge is 0.332 e. The normalized spacial score (nSPS) is 26.1. The van der Waals surface area contributed by atoms with Crippen molar-refractivity contribution in [2.75, 3.05) is 6.61 Å². The molecule has 3 aliphatic rings. The van der Waals surface area contributed by atoms with Gasteiger partial charge >= 0.3 is 5.97 Å². The molecule has 206 valence electrons. The number of nitrogens with zero attached hydrogens (tertiary/aromatic N) is 1. The van der Waals surface area contributed by atoms with Gasteiger partial charge in [0.25, 0.3) is 0 Å². The number of fused-ring (bicyclic) bond motifs is 3. The van der Waals surface area contributed by atoms with Gasteiger partial charge in [0.15, 0.2) is 0 Å². The van der Waals surface area contributed by atoms with Gasteiger partial charge in [0.05, 0.1) is 6.61 Å². The van der Waals surface area contributed by atoms with Crippen molar-refractivity contribution >= 4 is 29.4 Å². The lowest BCUT2D eigenvalue weighted by Crippen LogP contribution is -2.57. The monoisotopic (exact) mass is 550 g/mol. The summed E-state index contributed by atoms with van der Waals surface area (Å²) >= 11 is 6.11. The van der Waals surface area contributed by atoms with E-state index in [1.807, 2.05) is 36.4 Å². The van der Waals surface area contributed by atoms with Crippen LogP contribution in [-0.4, -0.2) is 40.9 Å². The van der Waals surface area contributed by atoms with E-state index in [2.05, 4.69) is 11.4 Å². The third kappa shape index (κ3) is 6.14. The van der Waals surface area contributed by atoms with E-state index in [9.17, 15) is 14.4 Å². The maximum absolute atomic E-state index is 13.8. The fourth-order valence-electron chi connectivity index (χ4n) is 5.59. The first kappa shape index (κ1) is 27.3. The summed E-state index contributed by atoms with van der Waals surface area (Å²) in [5.41, 5.74) is 0.848. The van der Waals surface area contributed by atoms with Crippen LogP contribution in [-0.2, 0) is 32.1 Å². The van der Waals surface area contributed by atoms with Crippen LogP contribution in [0.15, 0.2) is 54.6 Å². The average molecular weight is 551 g/mol. The molecule has 0 aromatic heterocycles. The molecule has 1 aliphatic carbocycles. The molecule has 0 radical (unpaired) electrons. The van der Waals surface area contributed by atoms with Crippen molar-refractivity contribution in [3.8, 4) is 11.5 Å². The summed E-state index contributed by atoms with van der Waals surface area (Å²) in [5.74, 6) is 0.362.